The van der Waals surface area contributed by atoms with Crippen LogP contribution >= 0.6 is 15.9 Å². The van der Waals surface area contributed by atoms with E-state index in [0.29, 0.717) is 0 Å². The summed E-state index contributed by atoms with van der Waals surface area (Å²) in [5.74, 6) is -2.59. The Labute approximate surface area is 74.1 Å². The SMILES string of the molecule is O=[N+]([O-])c1nc(F)c(Br)cc1O. The van der Waals surface area contributed by atoms with Crippen LogP contribution in [0.5, 0.6) is 5.75 Å². The van der Waals surface area contributed by atoms with E-state index in [1.165, 1.54) is 0 Å². The molecule has 0 unspecified atom stereocenters. The smallest absolute Gasteiger partial charge is 0.409 e. The number of hydrogen-bond donors (Lipinski definition) is 1. The van der Waals surface area contributed by atoms with Crippen LogP contribution in [0.15, 0.2) is 10.5 Å². The third-order valence-corrected chi connectivity index (χ3v) is 1.62. The molecule has 0 fully saturated rings. The molecule has 0 bridgehead atoms. The molecule has 7 heteroatoms. The van der Waals surface area contributed by atoms with E-state index in [1.807, 2.05) is 0 Å². The molecule has 0 saturated carbocycles. The molecular weight excluding hydrogens is 235 g/mol. The van der Waals surface area contributed by atoms with E-state index in [2.05, 4.69) is 20.9 Å². The Kier molecular flexibility index (Phi) is 2.22. The Hall–Kier alpha value is -1.24. The zero-order chi connectivity index (χ0) is 9.30. The molecule has 0 radical (unpaired) electrons. The molecule has 1 N–H and O–H groups in total. The van der Waals surface area contributed by atoms with Gasteiger partial charge in [-0.1, -0.05) is 0 Å². The molecule has 0 aliphatic rings. The maximum atomic E-state index is 12.5. The maximum absolute atomic E-state index is 12.5. The quantitative estimate of drug-likeness (QED) is 0.457. The number of nitro groups is 1. The summed E-state index contributed by atoms with van der Waals surface area (Å²) in [7, 11) is 0. The van der Waals surface area contributed by atoms with Crippen molar-refractivity contribution in [3.63, 3.8) is 0 Å². The van der Waals surface area contributed by atoms with Gasteiger partial charge < -0.3 is 15.2 Å². The normalized spacial score (nSPS) is 9.83. The van der Waals surface area contributed by atoms with Crippen molar-refractivity contribution in [2.24, 2.45) is 0 Å². The van der Waals surface area contributed by atoms with Gasteiger partial charge in [0.2, 0.25) is 5.75 Å². The minimum Gasteiger partial charge on any atom is -0.501 e. The molecule has 0 atom stereocenters. The van der Waals surface area contributed by atoms with Crippen molar-refractivity contribution in [3.8, 4) is 5.75 Å². The predicted molar refractivity (Wildman–Crippen MR) is 40.2 cm³/mol. The first-order valence-corrected chi connectivity index (χ1v) is 3.51. The van der Waals surface area contributed by atoms with Crippen LogP contribution in [-0.2, 0) is 0 Å². The van der Waals surface area contributed by atoms with Gasteiger partial charge in [-0.3, -0.25) is 0 Å². The largest absolute Gasteiger partial charge is 0.501 e. The molecule has 0 saturated heterocycles. The Balaban J connectivity index is 3.33. The molecule has 64 valence electrons. The van der Waals surface area contributed by atoms with Crippen molar-refractivity contribution in [1.29, 1.82) is 0 Å². The average molecular weight is 237 g/mol. The minimum atomic E-state index is -1.03. The molecule has 0 spiro atoms. The van der Waals surface area contributed by atoms with Gasteiger partial charge in [0.15, 0.2) is 0 Å². The van der Waals surface area contributed by atoms with Crippen LogP contribution in [-0.4, -0.2) is 15.0 Å². The topological polar surface area (TPSA) is 76.3 Å². The highest BCUT2D eigenvalue weighted by Gasteiger charge is 2.19. The molecule has 0 aromatic carbocycles. The van der Waals surface area contributed by atoms with E-state index in [-0.39, 0.29) is 4.47 Å². The summed E-state index contributed by atoms with van der Waals surface area (Å²) in [5.41, 5.74) is 0. The molecule has 5 nitrogen and oxygen atoms in total. The fraction of sp³-hybridized carbons (Fsp3) is 0. The van der Waals surface area contributed by atoms with E-state index in [9.17, 15) is 14.5 Å². The molecular formula is C5H2BrFN2O3. The third-order valence-electron chi connectivity index (χ3n) is 1.07. The fourth-order valence-electron chi connectivity index (χ4n) is 0.582. The van der Waals surface area contributed by atoms with Gasteiger partial charge in [-0.15, -0.1) is 0 Å². The van der Waals surface area contributed by atoms with Crippen LogP contribution in [0, 0.1) is 16.1 Å². The zero-order valence-corrected chi connectivity index (χ0v) is 7.08. The molecule has 1 rings (SSSR count). The summed E-state index contributed by atoms with van der Waals surface area (Å²) in [4.78, 5) is 12.0. The highest BCUT2D eigenvalue weighted by molar-refractivity contribution is 9.10. The molecule has 1 aromatic rings. The van der Waals surface area contributed by atoms with E-state index >= 15 is 0 Å². The lowest BCUT2D eigenvalue weighted by atomic mass is 10.4. The lowest BCUT2D eigenvalue weighted by molar-refractivity contribution is -0.391. The van der Waals surface area contributed by atoms with Crippen LogP contribution in [0.3, 0.4) is 0 Å². The van der Waals surface area contributed by atoms with E-state index in [0.717, 1.165) is 6.07 Å². The average Bonchev–Trinajstić information content (AvgIpc) is 1.96. The number of aromatic nitrogens is 1. The fourth-order valence-corrected chi connectivity index (χ4v) is 0.888. The lowest BCUT2D eigenvalue weighted by Crippen LogP contribution is -1.95. The second kappa shape index (κ2) is 3.02. The highest BCUT2D eigenvalue weighted by atomic mass is 79.9. The van der Waals surface area contributed by atoms with Gasteiger partial charge in [0.25, 0.3) is 0 Å². The second-order valence-corrected chi connectivity index (χ2v) is 2.72. The summed E-state index contributed by atoms with van der Waals surface area (Å²) in [5, 5.41) is 19.0. The molecule has 0 amide bonds. The van der Waals surface area contributed by atoms with Crippen LogP contribution < -0.4 is 0 Å². The highest BCUT2D eigenvalue weighted by Crippen LogP contribution is 2.27. The van der Waals surface area contributed by atoms with Crippen molar-refractivity contribution in [1.82, 2.24) is 4.98 Å². The van der Waals surface area contributed by atoms with E-state index < -0.39 is 22.4 Å². The first-order valence-electron chi connectivity index (χ1n) is 2.71. The summed E-state index contributed by atoms with van der Waals surface area (Å²) in [6, 6.07) is 0.875. The van der Waals surface area contributed by atoms with Crippen molar-refractivity contribution < 1.29 is 14.4 Å². The molecule has 1 aromatic heterocycles. The van der Waals surface area contributed by atoms with E-state index in [1.54, 1.807) is 0 Å². The van der Waals surface area contributed by atoms with Gasteiger partial charge in [-0.05, 0) is 25.8 Å². The molecule has 12 heavy (non-hydrogen) atoms. The lowest BCUT2D eigenvalue weighted by Gasteiger charge is -1.95. The number of hydrogen-bond acceptors (Lipinski definition) is 4. The van der Waals surface area contributed by atoms with Crippen molar-refractivity contribution >= 4 is 21.7 Å². The zero-order valence-electron chi connectivity index (χ0n) is 5.49. The summed E-state index contributed by atoms with van der Waals surface area (Å²) < 4.78 is 12.4. The van der Waals surface area contributed by atoms with Crippen LogP contribution in [0.4, 0.5) is 10.2 Å². The van der Waals surface area contributed by atoms with Gasteiger partial charge in [0.1, 0.15) is 4.47 Å². The summed E-state index contributed by atoms with van der Waals surface area (Å²) >= 11 is 2.71. The Bertz CT molecular complexity index is 344. The minimum absolute atomic E-state index is 0.120. The maximum Gasteiger partial charge on any atom is 0.409 e. The number of halogens is 2. The van der Waals surface area contributed by atoms with Crippen molar-refractivity contribution in [3.05, 3.63) is 26.6 Å². The molecule has 0 aliphatic carbocycles. The van der Waals surface area contributed by atoms with Crippen LogP contribution in [0.25, 0.3) is 0 Å². The van der Waals surface area contributed by atoms with Gasteiger partial charge in [-0.2, -0.15) is 4.39 Å². The summed E-state index contributed by atoms with van der Waals surface area (Å²) in [6.07, 6.45) is 0. The number of nitrogens with zero attached hydrogens (tertiary/aromatic N) is 2. The third kappa shape index (κ3) is 1.50. The van der Waals surface area contributed by atoms with Gasteiger partial charge in [0, 0.05) is 6.07 Å². The van der Waals surface area contributed by atoms with Crippen molar-refractivity contribution in [2.45, 2.75) is 0 Å². The number of pyridine rings is 1. The molecule has 1 heterocycles. The first-order chi connectivity index (χ1) is 5.52. The Morgan fingerprint density at radius 2 is 2.33 bits per heavy atom. The first kappa shape index (κ1) is 8.85. The Morgan fingerprint density at radius 3 is 2.83 bits per heavy atom. The van der Waals surface area contributed by atoms with Crippen LogP contribution in [0.1, 0.15) is 0 Å². The monoisotopic (exact) mass is 236 g/mol. The predicted octanol–water partition coefficient (Wildman–Crippen LogP) is 1.60. The number of aromatic hydroxyl groups is 1. The molecule has 0 aliphatic heterocycles. The van der Waals surface area contributed by atoms with E-state index in [4.69, 9.17) is 5.11 Å². The van der Waals surface area contributed by atoms with Gasteiger partial charge in [0.05, 0.1) is 0 Å². The second-order valence-electron chi connectivity index (χ2n) is 1.86. The standard InChI is InChI=1S/C5H2BrFN2O3/c6-2-1-3(10)5(9(11)12)8-4(2)7/h1,10H. The van der Waals surface area contributed by atoms with Crippen molar-refractivity contribution in [2.75, 3.05) is 0 Å². The van der Waals surface area contributed by atoms with Crippen LogP contribution in [0.2, 0.25) is 0 Å². The summed E-state index contributed by atoms with van der Waals surface area (Å²) in [6.45, 7) is 0. The Morgan fingerprint density at radius 1 is 1.75 bits per heavy atom. The van der Waals surface area contributed by atoms with Gasteiger partial charge in [-0.25, -0.2) is 0 Å². The number of rotatable bonds is 1. The van der Waals surface area contributed by atoms with Gasteiger partial charge >= 0.3 is 11.8 Å².